The molecule has 0 bridgehead atoms. The fourth-order valence-corrected chi connectivity index (χ4v) is 6.31. The number of rotatable bonds is 10. The number of aromatic nitrogens is 3. The Morgan fingerprint density at radius 2 is 2.15 bits per heavy atom. The van der Waals surface area contributed by atoms with Crippen LogP contribution in [0.1, 0.15) is 31.2 Å². The number of alkyl halides is 1. The zero-order chi connectivity index (χ0) is 28.6. The molecular formula is C30H32F2N4O5. The van der Waals surface area contributed by atoms with Crippen LogP contribution >= 0.6 is 0 Å². The van der Waals surface area contributed by atoms with Gasteiger partial charge in [0.25, 0.3) is 11.6 Å². The lowest BCUT2D eigenvalue weighted by Gasteiger charge is -2.30. The minimum atomic E-state index is -0.922. The summed E-state index contributed by atoms with van der Waals surface area (Å²) in [5, 5.41) is 11.0. The van der Waals surface area contributed by atoms with Gasteiger partial charge in [-0.1, -0.05) is 18.2 Å². The topological polar surface area (TPSA) is 110 Å². The van der Waals surface area contributed by atoms with E-state index in [0.29, 0.717) is 37.1 Å². The van der Waals surface area contributed by atoms with Gasteiger partial charge in [0.1, 0.15) is 29.7 Å². The molecule has 11 heteroatoms. The SMILES string of the molecule is COCOc1cc(-c2ncc3c(=O)[nH]c(OC[C@@]45CCCN4C[C@H](F)C5)nc3c2F)c2c(CCCO)cccc2c1. The van der Waals surface area contributed by atoms with E-state index in [9.17, 15) is 14.3 Å². The molecule has 2 fully saturated rings. The highest BCUT2D eigenvalue weighted by Gasteiger charge is 2.49. The predicted octanol–water partition coefficient (Wildman–Crippen LogP) is 4.14. The van der Waals surface area contributed by atoms with E-state index in [2.05, 4.69) is 19.9 Å². The lowest BCUT2D eigenvalue weighted by atomic mass is 9.94. The first kappa shape index (κ1) is 27.5. The molecule has 6 rings (SSSR count). The second-order valence-electron chi connectivity index (χ2n) is 10.8. The average molecular weight is 567 g/mol. The summed E-state index contributed by atoms with van der Waals surface area (Å²) in [6, 6.07) is 9.13. The molecule has 4 aromatic rings. The molecule has 41 heavy (non-hydrogen) atoms. The van der Waals surface area contributed by atoms with Crippen LogP contribution in [0.4, 0.5) is 8.78 Å². The Morgan fingerprint density at radius 3 is 2.98 bits per heavy atom. The van der Waals surface area contributed by atoms with Crippen LogP contribution in [-0.4, -0.2) is 76.9 Å². The van der Waals surface area contributed by atoms with E-state index in [0.717, 1.165) is 35.7 Å². The Balaban J connectivity index is 1.43. The van der Waals surface area contributed by atoms with Crippen molar-refractivity contribution in [2.75, 3.05) is 40.2 Å². The van der Waals surface area contributed by atoms with Crippen LogP contribution < -0.4 is 15.0 Å². The van der Waals surface area contributed by atoms with Crippen LogP contribution in [0, 0.1) is 5.82 Å². The van der Waals surface area contributed by atoms with Gasteiger partial charge in [-0.15, -0.1) is 0 Å². The molecule has 2 aliphatic heterocycles. The van der Waals surface area contributed by atoms with Gasteiger partial charge >= 0.3 is 0 Å². The van der Waals surface area contributed by atoms with Crippen LogP contribution in [0.15, 0.2) is 41.3 Å². The summed E-state index contributed by atoms with van der Waals surface area (Å²) in [5.41, 5.74) is 0.186. The number of ether oxygens (including phenoxy) is 3. The minimum absolute atomic E-state index is 0.00231. The molecule has 2 aromatic heterocycles. The first-order valence-electron chi connectivity index (χ1n) is 13.8. The van der Waals surface area contributed by atoms with Gasteiger partial charge in [-0.2, -0.15) is 4.98 Å². The molecule has 0 radical (unpaired) electrons. The zero-order valence-corrected chi connectivity index (χ0v) is 22.8. The highest BCUT2D eigenvalue weighted by molar-refractivity contribution is 6.00. The first-order valence-corrected chi connectivity index (χ1v) is 13.8. The summed E-state index contributed by atoms with van der Waals surface area (Å²) in [6.45, 7) is 1.35. The van der Waals surface area contributed by atoms with Crippen molar-refractivity contribution in [1.29, 1.82) is 0 Å². The Kier molecular flexibility index (Phi) is 7.58. The number of benzene rings is 2. The molecule has 4 heterocycles. The van der Waals surface area contributed by atoms with Gasteiger partial charge in [-0.05, 0) is 60.7 Å². The molecule has 0 saturated carbocycles. The number of aliphatic hydroxyl groups excluding tert-OH is 1. The third-order valence-corrected chi connectivity index (χ3v) is 8.15. The fourth-order valence-electron chi connectivity index (χ4n) is 6.31. The van der Waals surface area contributed by atoms with E-state index in [1.54, 1.807) is 6.07 Å². The fraction of sp³-hybridized carbons (Fsp3) is 0.433. The minimum Gasteiger partial charge on any atom is -0.468 e. The third kappa shape index (κ3) is 5.13. The van der Waals surface area contributed by atoms with Crippen molar-refractivity contribution in [1.82, 2.24) is 19.9 Å². The Hall–Kier alpha value is -3.67. The van der Waals surface area contributed by atoms with Gasteiger partial charge in [0.05, 0.1) is 10.9 Å². The third-order valence-electron chi connectivity index (χ3n) is 8.15. The lowest BCUT2D eigenvalue weighted by molar-refractivity contribution is 0.0512. The molecule has 0 unspecified atom stereocenters. The number of fused-ring (bicyclic) bond motifs is 3. The van der Waals surface area contributed by atoms with E-state index in [1.165, 1.54) is 13.3 Å². The molecule has 2 N–H and O–H groups in total. The Morgan fingerprint density at radius 1 is 1.27 bits per heavy atom. The lowest BCUT2D eigenvalue weighted by Crippen LogP contribution is -2.43. The summed E-state index contributed by atoms with van der Waals surface area (Å²) in [6.07, 6.45) is 3.59. The van der Waals surface area contributed by atoms with Gasteiger partial charge < -0.3 is 19.3 Å². The number of halogens is 2. The molecule has 2 atom stereocenters. The summed E-state index contributed by atoms with van der Waals surface area (Å²) in [7, 11) is 1.51. The van der Waals surface area contributed by atoms with Crippen molar-refractivity contribution in [3.05, 3.63) is 58.3 Å². The first-order chi connectivity index (χ1) is 19.9. The van der Waals surface area contributed by atoms with E-state index < -0.39 is 23.1 Å². The predicted molar refractivity (Wildman–Crippen MR) is 150 cm³/mol. The molecule has 0 aliphatic carbocycles. The molecule has 0 spiro atoms. The number of nitrogens with zero attached hydrogens (tertiary/aromatic N) is 3. The highest BCUT2D eigenvalue weighted by Crippen LogP contribution is 2.41. The van der Waals surface area contributed by atoms with Crippen molar-refractivity contribution < 1.29 is 28.1 Å². The molecule has 2 saturated heterocycles. The smallest absolute Gasteiger partial charge is 0.297 e. The Bertz CT molecular complexity index is 1650. The molecule has 9 nitrogen and oxygen atoms in total. The van der Waals surface area contributed by atoms with Gasteiger partial charge in [0, 0.05) is 38.4 Å². The maximum absolute atomic E-state index is 16.3. The zero-order valence-electron chi connectivity index (χ0n) is 22.8. The monoisotopic (exact) mass is 566 g/mol. The number of aryl methyl sites for hydroxylation is 1. The van der Waals surface area contributed by atoms with Gasteiger partial charge in [-0.3, -0.25) is 19.7 Å². The quantitative estimate of drug-likeness (QED) is 0.276. The standard InChI is InChI=1S/C30H32F2N4O5/c1-39-17-41-21-11-19-6-2-5-18(7-3-10-37)24(19)22(12-21)26-25(32)27-23(14-33-26)28(38)35-29(34-27)40-16-30-8-4-9-36(30)15-20(31)13-30/h2,5-6,11-12,14,20,37H,3-4,7-10,13,15-17H2,1H3,(H,34,35,38)/t20-,30+/m1/s1. The van der Waals surface area contributed by atoms with Crippen molar-refractivity contribution in [2.45, 2.75) is 43.8 Å². The highest BCUT2D eigenvalue weighted by atomic mass is 19.1. The number of hydrogen-bond donors (Lipinski definition) is 2. The van der Waals surface area contributed by atoms with Crippen LogP contribution in [0.25, 0.3) is 32.9 Å². The number of methoxy groups -OCH3 is 1. The second-order valence-corrected chi connectivity index (χ2v) is 10.8. The average Bonchev–Trinajstić information content (AvgIpc) is 3.49. The number of aliphatic hydroxyl groups is 1. The molecule has 2 aliphatic rings. The number of H-pyrrole nitrogens is 1. The molecule has 0 amide bonds. The maximum atomic E-state index is 16.3. The molecular weight excluding hydrogens is 534 g/mol. The summed E-state index contributed by atoms with van der Waals surface area (Å²) >= 11 is 0. The van der Waals surface area contributed by atoms with Crippen molar-refractivity contribution in [3.8, 4) is 23.0 Å². The molecule has 2 aromatic carbocycles. The van der Waals surface area contributed by atoms with Crippen LogP contribution in [0.3, 0.4) is 0 Å². The van der Waals surface area contributed by atoms with Crippen molar-refractivity contribution in [3.63, 3.8) is 0 Å². The van der Waals surface area contributed by atoms with E-state index in [-0.39, 0.29) is 42.6 Å². The number of hydrogen-bond acceptors (Lipinski definition) is 8. The van der Waals surface area contributed by atoms with Gasteiger partial charge in [0.15, 0.2) is 12.6 Å². The van der Waals surface area contributed by atoms with E-state index >= 15 is 4.39 Å². The van der Waals surface area contributed by atoms with E-state index in [4.69, 9.17) is 14.2 Å². The van der Waals surface area contributed by atoms with Crippen LogP contribution in [-0.2, 0) is 11.2 Å². The maximum Gasteiger partial charge on any atom is 0.297 e. The number of nitrogens with one attached hydrogen (secondary N) is 1. The van der Waals surface area contributed by atoms with Crippen LogP contribution in [0.2, 0.25) is 0 Å². The Labute approximate surface area is 235 Å². The normalized spacial score (nSPS) is 20.6. The van der Waals surface area contributed by atoms with Gasteiger partial charge in [0.2, 0.25) is 0 Å². The van der Waals surface area contributed by atoms with Crippen LogP contribution in [0.5, 0.6) is 11.8 Å². The largest absolute Gasteiger partial charge is 0.468 e. The van der Waals surface area contributed by atoms with Gasteiger partial charge in [-0.25, -0.2) is 8.78 Å². The molecule has 216 valence electrons. The van der Waals surface area contributed by atoms with Crippen molar-refractivity contribution >= 4 is 21.7 Å². The summed E-state index contributed by atoms with van der Waals surface area (Å²) < 4.78 is 47.2. The van der Waals surface area contributed by atoms with Crippen molar-refractivity contribution in [2.24, 2.45) is 0 Å². The second kappa shape index (κ2) is 11.3. The number of aromatic amines is 1. The summed E-state index contributed by atoms with van der Waals surface area (Å²) in [4.78, 5) is 26.3. The number of pyridine rings is 1. The summed E-state index contributed by atoms with van der Waals surface area (Å²) in [5.74, 6) is -0.313. The van der Waals surface area contributed by atoms with E-state index in [1.807, 2.05) is 24.3 Å².